The number of rotatable bonds is 8. The van der Waals surface area contributed by atoms with E-state index < -0.39 is 33.8 Å². The van der Waals surface area contributed by atoms with E-state index in [9.17, 15) is 30.8 Å². The van der Waals surface area contributed by atoms with E-state index in [1.54, 1.807) is 24.3 Å². The minimum Gasteiger partial charge on any atom is -0.443 e. The molecule has 0 aliphatic carbocycles. The lowest BCUT2D eigenvalue weighted by molar-refractivity contribution is -0.122. The number of aliphatic imine (C=N–C) groups is 1. The number of fused-ring (bicyclic) bond motifs is 1. The summed E-state index contributed by atoms with van der Waals surface area (Å²) in [5, 5.41) is -0.0598. The van der Waals surface area contributed by atoms with Gasteiger partial charge in [0.25, 0.3) is 10.0 Å². The number of furan rings is 1. The number of sulfonamides is 1. The largest absolute Gasteiger partial charge is 0.443 e. The number of carbonyl (C=O) groups excluding carboxylic acids is 1. The van der Waals surface area contributed by atoms with Crippen molar-refractivity contribution in [2.75, 3.05) is 13.6 Å². The zero-order valence-corrected chi connectivity index (χ0v) is 21.2. The smallest absolute Gasteiger partial charge is 0.430 e. The van der Waals surface area contributed by atoms with Crippen molar-refractivity contribution in [3.05, 3.63) is 77.2 Å². The Bertz CT molecular complexity index is 1530. The first kappa shape index (κ1) is 27.5. The maximum atomic E-state index is 13.5. The van der Waals surface area contributed by atoms with Gasteiger partial charge in [0, 0.05) is 31.5 Å². The van der Waals surface area contributed by atoms with Crippen molar-refractivity contribution in [1.82, 2.24) is 4.31 Å². The highest BCUT2D eigenvalue weighted by Crippen LogP contribution is 2.31. The third kappa shape index (κ3) is 5.81. The Hall–Kier alpha value is -3.51. The maximum Gasteiger partial charge on any atom is 0.430 e. The molecule has 7 nitrogen and oxygen atoms in total. The number of Topliss-reactive ketones (excluding diaryl/α,β-unsaturated/α-hetero) is 1. The summed E-state index contributed by atoms with van der Waals surface area (Å²) in [4.78, 5) is 17.0. The molecule has 1 fully saturated rings. The molecule has 0 spiro atoms. The molecule has 1 aliphatic heterocycles. The summed E-state index contributed by atoms with van der Waals surface area (Å²) in [6, 6.07) is 10.6. The first-order valence-electron chi connectivity index (χ1n) is 11.7. The molecule has 3 aromatic rings. The molecule has 1 aliphatic rings. The van der Waals surface area contributed by atoms with Crippen LogP contribution in [0.5, 0.6) is 0 Å². The van der Waals surface area contributed by atoms with Gasteiger partial charge >= 0.3 is 6.18 Å². The minimum absolute atomic E-state index is 0.0185. The number of allylic oxidation sites excluding steroid dienone is 2. The van der Waals surface area contributed by atoms with Gasteiger partial charge in [0.1, 0.15) is 17.1 Å². The number of benzene rings is 2. The van der Waals surface area contributed by atoms with Gasteiger partial charge in [0.2, 0.25) is 5.09 Å². The lowest BCUT2D eigenvalue weighted by atomic mass is 9.99. The summed E-state index contributed by atoms with van der Waals surface area (Å²) in [7, 11) is -2.79. The molecule has 0 radical (unpaired) electrons. The number of nitrogens with two attached hydrogens (primary N) is 1. The fraction of sp³-hybridized carbons (Fsp3) is 0.308. The van der Waals surface area contributed by atoms with E-state index >= 15 is 0 Å². The minimum atomic E-state index is -4.69. The van der Waals surface area contributed by atoms with Crippen LogP contribution in [-0.2, 0) is 21.2 Å². The molecule has 2 aromatic carbocycles. The first-order valence-corrected chi connectivity index (χ1v) is 13.2. The highest BCUT2D eigenvalue weighted by Gasteiger charge is 2.40. The van der Waals surface area contributed by atoms with Gasteiger partial charge in [-0.15, -0.1) is 0 Å². The summed E-state index contributed by atoms with van der Waals surface area (Å²) in [6.45, 7) is 0.142. The molecule has 202 valence electrons. The van der Waals surface area contributed by atoms with Crippen LogP contribution in [0.4, 0.5) is 17.6 Å². The molecular weight excluding hydrogens is 526 g/mol. The predicted molar refractivity (Wildman–Crippen MR) is 134 cm³/mol. The average Bonchev–Trinajstić information content (AvgIpc) is 3.53. The number of carbonyl (C=O) groups is 1. The quantitative estimate of drug-likeness (QED) is 0.321. The topological polar surface area (TPSA) is 106 Å². The van der Waals surface area contributed by atoms with Crippen LogP contribution in [0, 0.1) is 5.82 Å². The van der Waals surface area contributed by atoms with Gasteiger partial charge < -0.3 is 10.2 Å². The first-order chi connectivity index (χ1) is 17.9. The highest BCUT2D eigenvalue weighted by molar-refractivity contribution is 7.89. The molecule has 1 aromatic heterocycles. The number of ketones is 1. The van der Waals surface area contributed by atoms with E-state index in [4.69, 9.17) is 10.2 Å². The Morgan fingerprint density at radius 3 is 2.68 bits per heavy atom. The van der Waals surface area contributed by atoms with Crippen molar-refractivity contribution in [2.45, 2.75) is 43.0 Å². The van der Waals surface area contributed by atoms with Crippen molar-refractivity contribution < 1.29 is 35.2 Å². The lowest BCUT2D eigenvalue weighted by Gasteiger charge is -2.21. The van der Waals surface area contributed by atoms with Crippen molar-refractivity contribution >= 4 is 32.5 Å². The number of alkyl halides is 3. The SMILES string of the molecule is CN=C(C=C(N)C(F)(F)F)c1cccc(CCC(=O)[C@@H]2CCCN2S(=O)(=O)c2cc3cc(F)ccc3o2)c1. The Balaban J connectivity index is 1.48. The number of hydrogen-bond acceptors (Lipinski definition) is 6. The molecule has 0 unspecified atom stereocenters. The third-order valence-corrected chi connectivity index (χ3v) is 8.10. The average molecular weight is 552 g/mol. The summed E-state index contributed by atoms with van der Waals surface area (Å²) in [6.07, 6.45) is -2.84. The van der Waals surface area contributed by atoms with Crippen LogP contribution >= 0.6 is 0 Å². The fourth-order valence-corrected chi connectivity index (χ4v) is 6.04. The zero-order chi connectivity index (χ0) is 27.7. The van der Waals surface area contributed by atoms with Crippen LogP contribution in [0.15, 0.2) is 74.8 Å². The third-order valence-electron chi connectivity index (χ3n) is 6.34. The zero-order valence-electron chi connectivity index (χ0n) is 20.3. The number of halogens is 4. The van der Waals surface area contributed by atoms with Gasteiger partial charge in [-0.2, -0.15) is 17.5 Å². The van der Waals surface area contributed by atoms with Gasteiger partial charge in [-0.3, -0.25) is 9.79 Å². The van der Waals surface area contributed by atoms with Gasteiger partial charge in [-0.05, 0) is 60.7 Å². The van der Waals surface area contributed by atoms with E-state index in [2.05, 4.69) is 4.99 Å². The second kappa shape index (κ2) is 10.7. The molecule has 0 saturated carbocycles. The Morgan fingerprint density at radius 1 is 1.21 bits per heavy atom. The van der Waals surface area contributed by atoms with Crippen molar-refractivity contribution in [3.63, 3.8) is 0 Å². The van der Waals surface area contributed by atoms with Gasteiger partial charge in [0.05, 0.1) is 11.8 Å². The van der Waals surface area contributed by atoms with Crippen LogP contribution in [0.25, 0.3) is 11.0 Å². The summed E-state index contributed by atoms with van der Waals surface area (Å²) >= 11 is 0. The van der Waals surface area contributed by atoms with Gasteiger partial charge in [0.15, 0.2) is 5.78 Å². The van der Waals surface area contributed by atoms with Crippen molar-refractivity contribution in [3.8, 4) is 0 Å². The van der Waals surface area contributed by atoms with Gasteiger partial charge in [-0.1, -0.05) is 18.2 Å². The molecular formula is C26H25F4N3O4S. The van der Waals surface area contributed by atoms with Crippen LogP contribution in [0.2, 0.25) is 0 Å². The molecule has 1 atom stereocenters. The summed E-state index contributed by atoms with van der Waals surface area (Å²) in [5.74, 6) is -0.818. The molecule has 2 N–H and O–H groups in total. The lowest BCUT2D eigenvalue weighted by Crippen LogP contribution is -2.40. The van der Waals surface area contributed by atoms with E-state index in [1.807, 2.05) is 0 Å². The molecule has 2 heterocycles. The molecule has 0 bridgehead atoms. The number of aryl methyl sites for hydroxylation is 1. The van der Waals surface area contributed by atoms with Crippen molar-refractivity contribution in [2.24, 2.45) is 10.7 Å². The highest BCUT2D eigenvalue weighted by atomic mass is 32.2. The number of hydrogen-bond donors (Lipinski definition) is 1. The second-order valence-electron chi connectivity index (χ2n) is 8.89. The van der Waals surface area contributed by atoms with Crippen LogP contribution in [-0.4, -0.2) is 50.0 Å². The second-order valence-corrected chi connectivity index (χ2v) is 10.7. The molecule has 1 saturated heterocycles. The van der Waals surface area contributed by atoms with Gasteiger partial charge in [-0.25, -0.2) is 12.8 Å². The normalized spacial score (nSPS) is 17.9. The van der Waals surface area contributed by atoms with Crippen LogP contribution < -0.4 is 5.73 Å². The standard InChI is InChI=1S/C26H25F4N3O4S/c1-32-20(15-24(31)26(28,29)30)17-5-2-4-16(12-17)7-9-22(34)21-6-3-11-33(21)38(35,36)25-14-18-13-19(27)8-10-23(18)37-25/h2,4-5,8,10,12-15,21H,3,6-7,9,11,31H2,1H3/t21-/m0/s1. The molecule has 12 heteroatoms. The summed E-state index contributed by atoms with van der Waals surface area (Å²) in [5.41, 5.74) is 5.16. The maximum absolute atomic E-state index is 13.5. The van der Waals surface area contributed by atoms with E-state index in [0.717, 1.165) is 16.4 Å². The van der Waals surface area contributed by atoms with E-state index in [-0.39, 0.29) is 41.6 Å². The number of nitrogens with zero attached hydrogens (tertiary/aromatic N) is 2. The van der Waals surface area contributed by atoms with Crippen molar-refractivity contribution in [1.29, 1.82) is 0 Å². The Labute approximate surface area is 216 Å². The fourth-order valence-electron chi connectivity index (χ4n) is 4.41. The Kier molecular flexibility index (Phi) is 7.75. The molecule has 4 rings (SSSR count). The van der Waals surface area contributed by atoms with Crippen LogP contribution in [0.3, 0.4) is 0 Å². The molecule has 0 amide bonds. The molecule has 38 heavy (non-hydrogen) atoms. The van der Waals surface area contributed by atoms with Crippen LogP contribution in [0.1, 0.15) is 30.4 Å². The summed E-state index contributed by atoms with van der Waals surface area (Å²) < 4.78 is 85.1. The predicted octanol–water partition coefficient (Wildman–Crippen LogP) is 4.75. The van der Waals surface area contributed by atoms with E-state index in [1.165, 1.54) is 25.2 Å². The monoisotopic (exact) mass is 551 g/mol. The Morgan fingerprint density at radius 2 is 1.97 bits per heavy atom. The van der Waals surface area contributed by atoms with E-state index in [0.29, 0.717) is 29.4 Å².